The lowest BCUT2D eigenvalue weighted by Gasteiger charge is -2.19. The summed E-state index contributed by atoms with van der Waals surface area (Å²) < 4.78 is 0. The Morgan fingerprint density at radius 2 is 2.43 bits per heavy atom. The topological polar surface area (TPSA) is 33.2 Å². The molecule has 0 aromatic carbocycles. The molecule has 1 aromatic heterocycles. The van der Waals surface area contributed by atoms with Crippen molar-refractivity contribution in [3.05, 3.63) is 24.5 Å². The van der Waals surface area contributed by atoms with E-state index >= 15 is 0 Å². The zero-order valence-electron chi connectivity index (χ0n) is 8.27. The summed E-state index contributed by atoms with van der Waals surface area (Å²) in [4.78, 5) is 17.2. The molecule has 1 rings (SSSR count). The zero-order valence-corrected chi connectivity index (χ0v) is 9.86. The van der Waals surface area contributed by atoms with Crippen LogP contribution in [0.5, 0.6) is 0 Å². The summed E-state index contributed by atoms with van der Waals surface area (Å²) in [5.41, 5.74) is 0.815. The molecule has 0 aliphatic heterocycles. The number of amides is 1. The number of aromatic nitrogens is 1. The fourth-order valence-corrected chi connectivity index (χ4v) is 1.37. The highest BCUT2D eigenvalue weighted by atomic mass is 79.9. The van der Waals surface area contributed by atoms with E-state index in [1.54, 1.807) is 24.3 Å². The molecule has 0 radical (unpaired) electrons. The Labute approximate surface area is 92.3 Å². The number of carbonyl (C=O) groups is 1. The van der Waals surface area contributed by atoms with Crippen LogP contribution in [0.3, 0.4) is 0 Å². The average Bonchev–Trinajstić information content (AvgIpc) is 2.27. The molecule has 0 fully saturated rings. The zero-order chi connectivity index (χ0) is 10.6. The van der Waals surface area contributed by atoms with Crippen molar-refractivity contribution in [1.29, 1.82) is 0 Å². The number of anilines is 1. The van der Waals surface area contributed by atoms with E-state index in [9.17, 15) is 4.79 Å². The van der Waals surface area contributed by atoms with Crippen LogP contribution >= 0.6 is 15.9 Å². The Morgan fingerprint density at radius 1 is 1.71 bits per heavy atom. The van der Waals surface area contributed by atoms with E-state index in [0.717, 1.165) is 12.1 Å². The van der Waals surface area contributed by atoms with Gasteiger partial charge < -0.3 is 4.90 Å². The van der Waals surface area contributed by atoms with Gasteiger partial charge in [0.25, 0.3) is 0 Å². The standard InChI is InChI=1S/C10H13BrN2O/c1-3-9(11)10(14)13(2)8-5-4-6-12-7-8/h4-7,9H,3H2,1-2H3. The first-order valence-electron chi connectivity index (χ1n) is 4.48. The Balaban J connectivity index is 2.76. The molecular weight excluding hydrogens is 244 g/mol. The minimum Gasteiger partial charge on any atom is -0.313 e. The van der Waals surface area contributed by atoms with E-state index in [1.807, 2.05) is 19.1 Å². The molecule has 0 saturated heterocycles. The van der Waals surface area contributed by atoms with Crippen molar-refractivity contribution in [2.45, 2.75) is 18.2 Å². The van der Waals surface area contributed by atoms with E-state index in [0.29, 0.717) is 0 Å². The second kappa shape index (κ2) is 5.10. The average molecular weight is 257 g/mol. The molecule has 1 aromatic rings. The van der Waals surface area contributed by atoms with Gasteiger partial charge in [-0.15, -0.1) is 0 Å². The van der Waals surface area contributed by atoms with Crippen molar-refractivity contribution in [3.8, 4) is 0 Å². The fraction of sp³-hybridized carbons (Fsp3) is 0.400. The molecule has 1 amide bonds. The number of alkyl halides is 1. The van der Waals surface area contributed by atoms with Crippen LogP contribution in [0, 0.1) is 0 Å². The summed E-state index contributed by atoms with van der Waals surface area (Å²) in [5.74, 6) is 0.0560. The SMILES string of the molecule is CCC(Br)C(=O)N(C)c1cccnc1. The number of hydrogen-bond donors (Lipinski definition) is 0. The molecule has 4 heteroatoms. The third-order valence-electron chi connectivity index (χ3n) is 1.99. The molecule has 76 valence electrons. The van der Waals surface area contributed by atoms with E-state index in [-0.39, 0.29) is 10.7 Å². The minimum absolute atomic E-state index is 0.0560. The van der Waals surface area contributed by atoms with Crippen LogP contribution in [0.15, 0.2) is 24.5 Å². The van der Waals surface area contributed by atoms with E-state index < -0.39 is 0 Å². The third-order valence-corrected chi connectivity index (χ3v) is 3.03. The van der Waals surface area contributed by atoms with Gasteiger partial charge in [-0.2, -0.15) is 0 Å². The third kappa shape index (κ3) is 2.54. The summed E-state index contributed by atoms with van der Waals surface area (Å²) in [6.07, 6.45) is 4.14. The largest absolute Gasteiger partial charge is 0.313 e. The van der Waals surface area contributed by atoms with Crippen LogP contribution in [0.1, 0.15) is 13.3 Å². The second-order valence-electron chi connectivity index (χ2n) is 2.98. The van der Waals surface area contributed by atoms with Gasteiger partial charge in [0.1, 0.15) is 0 Å². The highest BCUT2D eigenvalue weighted by molar-refractivity contribution is 9.10. The predicted molar refractivity (Wildman–Crippen MR) is 60.7 cm³/mol. The molecule has 1 atom stereocenters. The molecule has 14 heavy (non-hydrogen) atoms. The van der Waals surface area contributed by atoms with Crippen LogP contribution < -0.4 is 4.90 Å². The molecule has 3 nitrogen and oxygen atoms in total. The van der Waals surface area contributed by atoms with Gasteiger partial charge in [-0.05, 0) is 18.6 Å². The van der Waals surface area contributed by atoms with Gasteiger partial charge in [0, 0.05) is 13.2 Å². The molecule has 0 spiro atoms. The maximum Gasteiger partial charge on any atom is 0.240 e. The van der Waals surface area contributed by atoms with E-state index in [4.69, 9.17) is 0 Å². The van der Waals surface area contributed by atoms with E-state index in [2.05, 4.69) is 20.9 Å². The number of halogens is 1. The van der Waals surface area contributed by atoms with Crippen LogP contribution in [0.25, 0.3) is 0 Å². The maximum atomic E-state index is 11.7. The van der Waals surface area contributed by atoms with Crippen molar-refractivity contribution in [2.24, 2.45) is 0 Å². The number of carbonyl (C=O) groups excluding carboxylic acids is 1. The van der Waals surface area contributed by atoms with Crippen LogP contribution in [0.4, 0.5) is 5.69 Å². The van der Waals surface area contributed by atoms with Gasteiger partial charge in [-0.3, -0.25) is 9.78 Å². The summed E-state index contributed by atoms with van der Waals surface area (Å²) >= 11 is 3.33. The maximum absolute atomic E-state index is 11.7. The van der Waals surface area contributed by atoms with Crippen molar-refractivity contribution in [3.63, 3.8) is 0 Å². The van der Waals surface area contributed by atoms with Gasteiger partial charge in [-0.1, -0.05) is 22.9 Å². The summed E-state index contributed by atoms with van der Waals surface area (Å²) in [5, 5.41) is 0. The molecule has 1 heterocycles. The quantitative estimate of drug-likeness (QED) is 0.778. The highest BCUT2D eigenvalue weighted by Gasteiger charge is 2.18. The lowest BCUT2D eigenvalue weighted by molar-refractivity contribution is -0.117. The number of hydrogen-bond acceptors (Lipinski definition) is 2. The van der Waals surface area contributed by atoms with Crippen molar-refractivity contribution < 1.29 is 4.79 Å². The second-order valence-corrected chi connectivity index (χ2v) is 4.09. The lowest BCUT2D eigenvalue weighted by atomic mass is 10.3. The lowest BCUT2D eigenvalue weighted by Crippen LogP contribution is -2.32. The van der Waals surface area contributed by atoms with Gasteiger partial charge in [0.2, 0.25) is 5.91 Å². The van der Waals surface area contributed by atoms with Crippen molar-refractivity contribution >= 4 is 27.5 Å². The minimum atomic E-state index is -0.118. The molecule has 0 bridgehead atoms. The monoisotopic (exact) mass is 256 g/mol. The Hall–Kier alpha value is -0.900. The first-order valence-corrected chi connectivity index (χ1v) is 5.40. The molecular formula is C10H13BrN2O. The van der Waals surface area contributed by atoms with Crippen LogP contribution in [-0.2, 0) is 4.79 Å². The molecule has 0 aliphatic rings. The molecule has 0 saturated carbocycles. The highest BCUT2D eigenvalue weighted by Crippen LogP contribution is 2.15. The fourth-order valence-electron chi connectivity index (χ4n) is 1.06. The molecule has 0 N–H and O–H groups in total. The van der Waals surface area contributed by atoms with E-state index in [1.165, 1.54) is 0 Å². The smallest absolute Gasteiger partial charge is 0.240 e. The first kappa shape index (κ1) is 11.2. The summed E-state index contributed by atoms with van der Waals surface area (Å²) in [6, 6.07) is 3.68. The van der Waals surface area contributed by atoms with Gasteiger partial charge in [0.05, 0.1) is 16.7 Å². The number of nitrogens with zero attached hydrogens (tertiary/aromatic N) is 2. The van der Waals surface area contributed by atoms with Gasteiger partial charge in [0.15, 0.2) is 0 Å². The number of pyridine rings is 1. The molecule has 1 unspecified atom stereocenters. The Morgan fingerprint density at radius 3 is 2.93 bits per heavy atom. The van der Waals surface area contributed by atoms with Crippen LogP contribution in [0.2, 0.25) is 0 Å². The Kier molecular flexibility index (Phi) is 4.07. The Bertz CT molecular complexity index is 302. The van der Waals surface area contributed by atoms with Crippen molar-refractivity contribution in [2.75, 3.05) is 11.9 Å². The predicted octanol–water partition coefficient (Wildman–Crippen LogP) is 2.22. The van der Waals surface area contributed by atoms with Crippen molar-refractivity contribution in [1.82, 2.24) is 4.98 Å². The van der Waals surface area contributed by atoms with Gasteiger partial charge >= 0.3 is 0 Å². The van der Waals surface area contributed by atoms with Crippen LogP contribution in [-0.4, -0.2) is 22.8 Å². The normalized spacial score (nSPS) is 12.2. The summed E-state index contributed by atoms with van der Waals surface area (Å²) in [7, 11) is 1.75. The summed E-state index contributed by atoms with van der Waals surface area (Å²) in [6.45, 7) is 1.97. The molecule has 0 aliphatic carbocycles. The first-order chi connectivity index (χ1) is 6.66. The van der Waals surface area contributed by atoms with Gasteiger partial charge in [-0.25, -0.2) is 0 Å². The number of rotatable bonds is 3.